The maximum Gasteiger partial charge on any atom is 0.0576 e. The molecule has 0 fully saturated rings. The van der Waals surface area contributed by atoms with Crippen molar-refractivity contribution < 1.29 is 0 Å². The van der Waals surface area contributed by atoms with E-state index in [0.29, 0.717) is 0 Å². The van der Waals surface area contributed by atoms with Crippen LogP contribution in [0.4, 0.5) is 0 Å². The van der Waals surface area contributed by atoms with E-state index in [0.717, 1.165) is 18.7 Å². The normalized spacial score (nSPS) is 12.0. The fraction of sp³-hybridized carbons (Fsp3) is 0.188. The highest BCUT2D eigenvalue weighted by Crippen LogP contribution is 2.15. The first-order valence-corrected chi connectivity index (χ1v) is 6.19. The van der Waals surface area contributed by atoms with Gasteiger partial charge >= 0.3 is 0 Å². The molecule has 1 heterocycles. The van der Waals surface area contributed by atoms with Gasteiger partial charge in [-0.15, -0.1) is 6.58 Å². The number of rotatable bonds is 6. The van der Waals surface area contributed by atoms with Gasteiger partial charge in [0.25, 0.3) is 0 Å². The average Bonchev–Trinajstić information content (AvgIpc) is 2.45. The highest BCUT2D eigenvalue weighted by Gasteiger charge is 2.09. The minimum absolute atomic E-state index is 0.226. The van der Waals surface area contributed by atoms with Crippen LogP contribution in [0.15, 0.2) is 67.4 Å². The molecule has 1 aromatic carbocycles. The number of nitrogens with one attached hydrogen (secondary N) is 1. The summed E-state index contributed by atoms with van der Waals surface area (Å²) >= 11 is 0. The molecule has 2 heteroatoms. The predicted octanol–water partition coefficient (Wildman–Crippen LogP) is 3.49. The molecule has 0 aliphatic carbocycles. The van der Waals surface area contributed by atoms with Crippen LogP contribution in [0.25, 0.3) is 0 Å². The maximum atomic E-state index is 4.40. The van der Waals surface area contributed by atoms with E-state index in [9.17, 15) is 0 Å². The first-order chi connectivity index (χ1) is 8.90. The quantitative estimate of drug-likeness (QED) is 0.779. The number of hydrogen-bond donors (Lipinski definition) is 1. The summed E-state index contributed by atoms with van der Waals surface area (Å²) in [5.74, 6) is 0. The van der Waals surface area contributed by atoms with Crippen molar-refractivity contribution in [1.29, 1.82) is 0 Å². The minimum Gasteiger partial charge on any atom is -0.304 e. The molecule has 0 aliphatic rings. The summed E-state index contributed by atoms with van der Waals surface area (Å²) in [5.41, 5.74) is 2.34. The molecule has 0 bridgehead atoms. The molecule has 1 N–H and O–H groups in total. The smallest absolute Gasteiger partial charge is 0.0576 e. The molecule has 2 nitrogen and oxygen atoms in total. The summed E-state index contributed by atoms with van der Waals surface area (Å²) < 4.78 is 0. The van der Waals surface area contributed by atoms with Crippen LogP contribution in [0.1, 0.15) is 23.7 Å². The molecule has 1 aromatic heterocycles. The Morgan fingerprint density at radius 3 is 2.56 bits per heavy atom. The summed E-state index contributed by atoms with van der Waals surface area (Å²) in [4.78, 5) is 4.40. The monoisotopic (exact) mass is 238 g/mol. The van der Waals surface area contributed by atoms with E-state index in [4.69, 9.17) is 0 Å². The summed E-state index contributed by atoms with van der Waals surface area (Å²) in [6.45, 7) is 4.66. The second kappa shape index (κ2) is 6.72. The van der Waals surface area contributed by atoms with Gasteiger partial charge in [0.1, 0.15) is 0 Å². The molecule has 1 unspecified atom stereocenters. The lowest BCUT2D eigenvalue weighted by molar-refractivity contribution is 0.526. The van der Waals surface area contributed by atoms with Crippen LogP contribution in [0.5, 0.6) is 0 Å². The standard InChI is InChI=1S/C16H18N2/c1-2-8-15(16-11-6-7-12-17-16)18-13-14-9-4-3-5-10-14/h2-7,9-12,15,18H,1,8,13H2. The van der Waals surface area contributed by atoms with Gasteiger partial charge in [0.05, 0.1) is 11.7 Å². The van der Waals surface area contributed by atoms with Crippen LogP contribution < -0.4 is 5.32 Å². The third kappa shape index (κ3) is 3.54. The van der Waals surface area contributed by atoms with Gasteiger partial charge in [-0.05, 0) is 24.1 Å². The molecule has 0 spiro atoms. The lowest BCUT2D eigenvalue weighted by Crippen LogP contribution is -2.21. The first kappa shape index (κ1) is 12.5. The number of aromatic nitrogens is 1. The van der Waals surface area contributed by atoms with Crippen LogP contribution >= 0.6 is 0 Å². The van der Waals surface area contributed by atoms with Crippen molar-refractivity contribution in [3.63, 3.8) is 0 Å². The Labute approximate surface area is 108 Å². The Morgan fingerprint density at radius 1 is 1.11 bits per heavy atom. The highest BCUT2D eigenvalue weighted by molar-refractivity contribution is 5.16. The molecule has 0 saturated heterocycles. The highest BCUT2D eigenvalue weighted by atomic mass is 14.9. The molecule has 2 aromatic rings. The fourth-order valence-electron chi connectivity index (χ4n) is 1.89. The van der Waals surface area contributed by atoms with Crippen molar-refractivity contribution >= 4 is 0 Å². The average molecular weight is 238 g/mol. The zero-order chi connectivity index (χ0) is 12.6. The van der Waals surface area contributed by atoms with Crippen LogP contribution in [-0.4, -0.2) is 4.98 Å². The molecular weight excluding hydrogens is 220 g/mol. The lowest BCUT2D eigenvalue weighted by Gasteiger charge is -2.16. The van der Waals surface area contributed by atoms with Gasteiger partial charge in [0.2, 0.25) is 0 Å². The van der Waals surface area contributed by atoms with Crippen molar-refractivity contribution in [3.05, 3.63) is 78.6 Å². The summed E-state index contributed by atoms with van der Waals surface area (Å²) in [7, 11) is 0. The van der Waals surface area contributed by atoms with Crippen LogP contribution in [0.2, 0.25) is 0 Å². The second-order valence-corrected chi connectivity index (χ2v) is 4.20. The first-order valence-electron chi connectivity index (χ1n) is 6.19. The van der Waals surface area contributed by atoms with Crippen LogP contribution in [-0.2, 0) is 6.54 Å². The SMILES string of the molecule is C=CCC(NCc1ccccc1)c1ccccn1. The van der Waals surface area contributed by atoms with E-state index in [1.807, 2.05) is 36.5 Å². The Morgan fingerprint density at radius 2 is 1.89 bits per heavy atom. The van der Waals surface area contributed by atoms with Gasteiger partial charge in [0.15, 0.2) is 0 Å². The lowest BCUT2D eigenvalue weighted by atomic mass is 10.1. The molecule has 0 saturated carbocycles. The van der Waals surface area contributed by atoms with Gasteiger partial charge in [-0.3, -0.25) is 4.98 Å². The summed E-state index contributed by atoms with van der Waals surface area (Å²) in [6, 6.07) is 16.6. The molecule has 18 heavy (non-hydrogen) atoms. The largest absolute Gasteiger partial charge is 0.304 e. The van der Waals surface area contributed by atoms with Gasteiger partial charge in [-0.1, -0.05) is 42.5 Å². The number of benzene rings is 1. The van der Waals surface area contributed by atoms with E-state index < -0.39 is 0 Å². The third-order valence-electron chi connectivity index (χ3n) is 2.84. The number of pyridine rings is 1. The zero-order valence-corrected chi connectivity index (χ0v) is 10.4. The predicted molar refractivity (Wildman–Crippen MR) is 75.1 cm³/mol. The van der Waals surface area contributed by atoms with E-state index >= 15 is 0 Å². The van der Waals surface area contributed by atoms with Gasteiger partial charge in [-0.2, -0.15) is 0 Å². The van der Waals surface area contributed by atoms with Crippen molar-refractivity contribution in [2.45, 2.75) is 19.0 Å². The van der Waals surface area contributed by atoms with E-state index in [1.54, 1.807) is 0 Å². The number of hydrogen-bond acceptors (Lipinski definition) is 2. The van der Waals surface area contributed by atoms with Crippen molar-refractivity contribution in [1.82, 2.24) is 10.3 Å². The molecule has 2 rings (SSSR count). The van der Waals surface area contributed by atoms with E-state index in [-0.39, 0.29) is 6.04 Å². The maximum absolute atomic E-state index is 4.40. The Balaban J connectivity index is 2.01. The van der Waals surface area contributed by atoms with Crippen molar-refractivity contribution in [2.24, 2.45) is 0 Å². The molecule has 1 atom stereocenters. The van der Waals surface area contributed by atoms with E-state index in [1.165, 1.54) is 5.56 Å². The Bertz CT molecular complexity index is 465. The van der Waals surface area contributed by atoms with E-state index in [2.05, 4.69) is 41.1 Å². The molecule has 0 aliphatic heterocycles. The van der Waals surface area contributed by atoms with Crippen molar-refractivity contribution in [3.8, 4) is 0 Å². The van der Waals surface area contributed by atoms with Gasteiger partial charge < -0.3 is 5.32 Å². The second-order valence-electron chi connectivity index (χ2n) is 4.20. The molecular formula is C16H18N2. The van der Waals surface area contributed by atoms with Gasteiger partial charge in [0, 0.05) is 12.7 Å². The minimum atomic E-state index is 0.226. The molecule has 92 valence electrons. The molecule has 0 radical (unpaired) electrons. The van der Waals surface area contributed by atoms with Crippen molar-refractivity contribution in [2.75, 3.05) is 0 Å². The molecule has 0 amide bonds. The zero-order valence-electron chi connectivity index (χ0n) is 10.4. The fourth-order valence-corrected chi connectivity index (χ4v) is 1.89. The summed E-state index contributed by atoms with van der Waals surface area (Å²) in [6.07, 6.45) is 4.64. The Hall–Kier alpha value is -1.93. The van der Waals surface area contributed by atoms with Gasteiger partial charge in [-0.25, -0.2) is 0 Å². The third-order valence-corrected chi connectivity index (χ3v) is 2.84. The van der Waals surface area contributed by atoms with Crippen LogP contribution in [0, 0.1) is 0 Å². The summed E-state index contributed by atoms with van der Waals surface area (Å²) in [5, 5.41) is 3.52. The number of nitrogens with zero attached hydrogens (tertiary/aromatic N) is 1. The van der Waals surface area contributed by atoms with Crippen LogP contribution in [0.3, 0.4) is 0 Å². The Kier molecular flexibility index (Phi) is 4.68. The topological polar surface area (TPSA) is 24.9 Å².